The van der Waals surface area contributed by atoms with E-state index >= 15 is 8.78 Å². The summed E-state index contributed by atoms with van der Waals surface area (Å²) in [7, 11) is 0. The Morgan fingerprint density at radius 2 is 1.49 bits per heavy atom. The van der Waals surface area contributed by atoms with Crippen LogP contribution in [0.25, 0.3) is 11.1 Å². The zero-order valence-electron chi connectivity index (χ0n) is 19.7. The summed E-state index contributed by atoms with van der Waals surface area (Å²) in [4.78, 5) is 0. The van der Waals surface area contributed by atoms with Gasteiger partial charge in [0.1, 0.15) is 11.6 Å². The molecule has 0 heterocycles. The van der Waals surface area contributed by atoms with Crippen molar-refractivity contribution in [1.82, 2.24) is 0 Å². The van der Waals surface area contributed by atoms with Crippen molar-refractivity contribution in [3.63, 3.8) is 0 Å². The Hall–Kier alpha value is -2.89. The smallest absolute Gasteiger partial charge is 0.416 e. The second kappa shape index (κ2) is 10.8. The highest BCUT2D eigenvalue weighted by Gasteiger charge is 2.30. The highest BCUT2D eigenvalue weighted by atomic mass is 19.4. The van der Waals surface area contributed by atoms with Gasteiger partial charge in [0.25, 0.3) is 0 Å². The number of halogens is 5. The second-order valence-corrected chi connectivity index (χ2v) is 9.35. The lowest BCUT2D eigenvalue weighted by molar-refractivity contribution is -0.137. The van der Waals surface area contributed by atoms with Crippen LogP contribution in [0, 0.1) is 23.5 Å². The normalized spacial score (nSPS) is 18.5. The second-order valence-electron chi connectivity index (χ2n) is 9.35. The molecule has 1 nitrogen and oxygen atoms in total. The van der Waals surface area contributed by atoms with Crippen LogP contribution in [0.4, 0.5) is 22.0 Å². The van der Waals surface area contributed by atoms with Gasteiger partial charge in [-0.3, -0.25) is 0 Å². The molecule has 1 saturated carbocycles. The average Bonchev–Trinajstić information content (AvgIpc) is 2.86. The lowest BCUT2D eigenvalue weighted by Gasteiger charge is -2.28. The molecule has 0 unspecified atom stereocenters. The fourth-order valence-electron chi connectivity index (χ4n) is 4.91. The zero-order valence-corrected chi connectivity index (χ0v) is 19.7. The van der Waals surface area contributed by atoms with Gasteiger partial charge in [0.05, 0.1) is 5.56 Å². The van der Waals surface area contributed by atoms with E-state index in [1.807, 2.05) is 0 Å². The topological polar surface area (TPSA) is 9.23 Å². The van der Waals surface area contributed by atoms with Gasteiger partial charge in [0.2, 0.25) is 0 Å². The Bertz CT molecular complexity index is 1110. The van der Waals surface area contributed by atoms with Crippen molar-refractivity contribution < 1.29 is 26.7 Å². The first-order valence-electron chi connectivity index (χ1n) is 12.2. The van der Waals surface area contributed by atoms with E-state index in [1.54, 1.807) is 30.3 Å². The quantitative estimate of drug-likeness (QED) is 0.301. The Kier molecular flexibility index (Phi) is 7.78. The minimum absolute atomic E-state index is 0.0378. The molecule has 186 valence electrons. The molecule has 0 amide bonds. The first kappa shape index (κ1) is 25.2. The number of hydrogen-bond acceptors (Lipinski definition) is 1. The number of alkyl halides is 3. The number of hydrogen-bond donors (Lipinski definition) is 0. The molecule has 1 aliphatic carbocycles. The van der Waals surface area contributed by atoms with Gasteiger partial charge in [-0.05, 0) is 60.6 Å². The molecule has 1 fully saturated rings. The van der Waals surface area contributed by atoms with Crippen molar-refractivity contribution in [3.8, 4) is 22.6 Å². The van der Waals surface area contributed by atoms with Crippen molar-refractivity contribution >= 4 is 0 Å². The van der Waals surface area contributed by atoms with Gasteiger partial charge >= 0.3 is 6.18 Å². The van der Waals surface area contributed by atoms with E-state index in [2.05, 4.69) is 6.92 Å². The van der Waals surface area contributed by atoms with Gasteiger partial charge in [-0.2, -0.15) is 13.2 Å². The first-order chi connectivity index (χ1) is 16.8. The van der Waals surface area contributed by atoms with Crippen LogP contribution < -0.4 is 4.74 Å². The number of ether oxygens (including phenoxy) is 1. The van der Waals surface area contributed by atoms with Crippen molar-refractivity contribution in [3.05, 3.63) is 83.4 Å². The Labute approximate surface area is 202 Å². The standard InChI is InChI=1S/C29H29F5O/c1-2-19-8-10-20(11-9-19)12-17-24-26(30)18-25(21-6-4-3-5-7-21)28(27(24)31)35-23-15-13-22(14-16-23)29(32,33)34/h3-7,13-16,18-20H,2,8-12,17H2,1H3/t19-,20-. The molecule has 3 aromatic carbocycles. The molecule has 6 heteroatoms. The molecule has 0 spiro atoms. The summed E-state index contributed by atoms with van der Waals surface area (Å²) in [6, 6.07) is 14.0. The minimum Gasteiger partial charge on any atom is -0.454 e. The maximum atomic E-state index is 15.8. The highest BCUT2D eigenvalue weighted by molar-refractivity contribution is 5.72. The molecule has 3 aromatic rings. The van der Waals surface area contributed by atoms with E-state index in [4.69, 9.17) is 4.74 Å². The van der Waals surface area contributed by atoms with Gasteiger partial charge in [0, 0.05) is 11.1 Å². The molecule has 35 heavy (non-hydrogen) atoms. The van der Waals surface area contributed by atoms with Crippen LogP contribution in [0.15, 0.2) is 60.7 Å². The van der Waals surface area contributed by atoms with Crippen molar-refractivity contribution in [2.75, 3.05) is 0 Å². The van der Waals surface area contributed by atoms with Crippen molar-refractivity contribution in [2.24, 2.45) is 11.8 Å². The van der Waals surface area contributed by atoms with Gasteiger partial charge in [-0.25, -0.2) is 8.78 Å². The fraction of sp³-hybridized carbons (Fsp3) is 0.379. The molecule has 0 radical (unpaired) electrons. The first-order valence-corrected chi connectivity index (χ1v) is 12.2. The van der Waals surface area contributed by atoms with Crippen LogP contribution in [0.5, 0.6) is 11.5 Å². The summed E-state index contributed by atoms with van der Waals surface area (Å²) in [6.07, 6.45) is 2.06. The molecule has 0 aliphatic heterocycles. The highest BCUT2D eigenvalue weighted by Crippen LogP contribution is 2.41. The van der Waals surface area contributed by atoms with E-state index in [0.29, 0.717) is 17.9 Å². The number of benzene rings is 3. The van der Waals surface area contributed by atoms with E-state index in [1.165, 1.54) is 12.5 Å². The van der Waals surface area contributed by atoms with E-state index in [9.17, 15) is 13.2 Å². The van der Waals surface area contributed by atoms with Crippen LogP contribution in [-0.4, -0.2) is 0 Å². The number of rotatable bonds is 7. The summed E-state index contributed by atoms with van der Waals surface area (Å²) in [5, 5.41) is 0. The summed E-state index contributed by atoms with van der Waals surface area (Å²) in [5.41, 5.74) is -0.0975. The molecule has 0 aromatic heterocycles. The van der Waals surface area contributed by atoms with Crippen LogP contribution in [0.2, 0.25) is 0 Å². The third-order valence-corrected chi connectivity index (χ3v) is 7.10. The molecular formula is C29H29F5O. The minimum atomic E-state index is -4.49. The lowest BCUT2D eigenvalue weighted by atomic mass is 9.78. The maximum absolute atomic E-state index is 15.8. The zero-order chi connectivity index (χ0) is 25.0. The Balaban J connectivity index is 1.63. The molecule has 4 rings (SSSR count). The van der Waals surface area contributed by atoms with Crippen molar-refractivity contribution in [2.45, 2.75) is 58.0 Å². The summed E-state index contributed by atoms with van der Waals surface area (Å²) < 4.78 is 75.5. The molecular weight excluding hydrogens is 459 g/mol. The Morgan fingerprint density at radius 3 is 2.09 bits per heavy atom. The van der Waals surface area contributed by atoms with Gasteiger partial charge in [0.15, 0.2) is 11.6 Å². The molecule has 0 bridgehead atoms. The van der Waals surface area contributed by atoms with E-state index in [-0.39, 0.29) is 29.0 Å². The largest absolute Gasteiger partial charge is 0.454 e. The Morgan fingerprint density at radius 1 is 0.857 bits per heavy atom. The van der Waals surface area contributed by atoms with E-state index < -0.39 is 23.4 Å². The van der Waals surface area contributed by atoms with Gasteiger partial charge in [-0.1, -0.05) is 69.4 Å². The predicted molar refractivity (Wildman–Crippen MR) is 127 cm³/mol. The van der Waals surface area contributed by atoms with Gasteiger partial charge < -0.3 is 4.74 Å². The molecule has 0 N–H and O–H groups in total. The third-order valence-electron chi connectivity index (χ3n) is 7.10. The summed E-state index contributed by atoms with van der Waals surface area (Å²) >= 11 is 0. The molecule has 0 atom stereocenters. The van der Waals surface area contributed by atoms with Crippen LogP contribution >= 0.6 is 0 Å². The van der Waals surface area contributed by atoms with Crippen LogP contribution in [-0.2, 0) is 12.6 Å². The SMILES string of the molecule is CC[C@H]1CC[C@H](CCc2c(F)cc(-c3ccccc3)c(Oc3ccc(C(F)(F)F)cc3)c2F)CC1. The van der Waals surface area contributed by atoms with Crippen LogP contribution in [0.1, 0.15) is 56.6 Å². The third kappa shape index (κ3) is 6.03. The summed E-state index contributed by atoms with van der Waals surface area (Å²) in [6.45, 7) is 2.20. The summed E-state index contributed by atoms with van der Waals surface area (Å²) in [5.74, 6) is -0.390. The van der Waals surface area contributed by atoms with Gasteiger partial charge in [-0.15, -0.1) is 0 Å². The van der Waals surface area contributed by atoms with E-state index in [0.717, 1.165) is 55.9 Å². The van der Waals surface area contributed by atoms with Crippen molar-refractivity contribution in [1.29, 1.82) is 0 Å². The molecule has 1 aliphatic rings. The van der Waals surface area contributed by atoms with Crippen LogP contribution in [0.3, 0.4) is 0 Å². The lowest BCUT2D eigenvalue weighted by Crippen LogP contribution is -2.15. The molecule has 0 saturated heterocycles. The monoisotopic (exact) mass is 488 g/mol. The predicted octanol–water partition coefficient (Wildman–Crippen LogP) is 9.59. The maximum Gasteiger partial charge on any atom is 0.416 e. The average molecular weight is 489 g/mol. The fourth-order valence-corrected chi connectivity index (χ4v) is 4.91.